The monoisotopic (exact) mass is 344 g/mol. The van der Waals surface area contributed by atoms with Crippen molar-refractivity contribution in [3.63, 3.8) is 0 Å². The zero-order chi connectivity index (χ0) is 16.2. The number of hydrogen-bond acceptors (Lipinski definition) is 4. The zero-order valence-corrected chi connectivity index (χ0v) is 14.1. The summed E-state index contributed by atoms with van der Waals surface area (Å²) in [6.07, 6.45) is 5.39. The number of halogens is 2. The molecule has 1 aliphatic rings. The van der Waals surface area contributed by atoms with Crippen LogP contribution in [0.15, 0.2) is 47.1 Å². The van der Waals surface area contributed by atoms with Crippen LogP contribution in [0.5, 0.6) is 0 Å². The van der Waals surface area contributed by atoms with Crippen LogP contribution in [0, 0.1) is 0 Å². The van der Waals surface area contributed by atoms with E-state index in [0.29, 0.717) is 5.76 Å². The lowest BCUT2D eigenvalue weighted by atomic mass is 9.84. The largest absolute Gasteiger partial charge is 0.466 e. The highest BCUT2D eigenvalue weighted by Crippen LogP contribution is 2.41. The van der Waals surface area contributed by atoms with Crippen molar-refractivity contribution in [2.24, 2.45) is 0 Å². The van der Waals surface area contributed by atoms with Gasteiger partial charge < -0.3 is 9.47 Å². The minimum Gasteiger partial charge on any atom is -0.466 e. The SMILES string of the molecule is CSc1ccccc1C1=CC(S)C(OCF)=CC1(C)OCF. The van der Waals surface area contributed by atoms with Gasteiger partial charge in [0, 0.05) is 4.90 Å². The van der Waals surface area contributed by atoms with E-state index in [2.05, 4.69) is 12.6 Å². The van der Waals surface area contributed by atoms with E-state index >= 15 is 0 Å². The third-order valence-corrected chi connectivity index (χ3v) is 4.74. The van der Waals surface area contributed by atoms with Crippen LogP contribution < -0.4 is 0 Å². The summed E-state index contributed by atoms with van der Waals surface area (Å²) in [6.45, 7) is -0.179. The molecule has 2 unspecified atom stereocenters. The molecule has 0 saturated carbocycles. The van der Waals surface area contributed by atoms with Gasteiger partial charge in [-0.3, -0.25) is 0 Å². The molecule has 2 nitrogen and oxygen atoms in total. The fraction of sp³-hybridized carbons (Fsp3) is 0.375. The Morgan fingerprint density at radius 3 is 2.64 bits per heavy atom. The summed E-state index contributed by atoms with van der Waals surface area (Å²) >= 11 is 6.01. The zero-order valence-electron chi connectivity index (χ0n) is 12.4. The Kier molecular flexibility index (Phi) is 5.94. The Hall–Kier alpha value is -0.980. The summed E-state index contributed by atoms with van der Waals surface area (Å²) in [7, 11) is 0. The highest BCUT2D eigenvalue weighted by Gasteiger charge is 2.36. The van der Waals surface area contributed by atoms with E-state index in [1.807, 2.05) is 36.6 Å². The molecule has 1 aliphatic carbocycles. The van der Waals surface area contributed by atoms with E-state index in [1.165, 1.54) is 0 Å². The molecule has 0 spiro atoms. The molecule has 0 bridgehead atoms. The molecular formula is C16H18F2O2S2. The van der Waals surface area contributed by atoms with Gasteiger partial charge in [-0.25, -0.2) is 8.78 Å². The second kappa shape index (κ2) is 7.53. The maximum Gasteiger partial charge on any atom is 0.228 e. The highest BCUT2D eigenvalue weighted by atomic mass is 32.2. The lowest BCUT2D eigenvalue weighted by Gasteiger charge is -2.34. The van der Waals surface area contributed by atoms with Gasteiger partial charge in [0.1, 0.15) is 11.4 Å². The van der Waals surface area contributed by atoms with Gasteiger partial charge in [-0.1, -0.05) is 24.3 Å². The molecule has 22 heavy (non-hydrogen) atoms. The molecule has 0 radical (unpaired) electrons. The van der Waals surface area contributed by atoms with E-state index in [9.17, 15) is 8.78 Å². The molecule has 0 aromatic heterocycles. The molecule has 0 saturated heterocycles. The van der Waals surface area contributed by atoms with Gasteiger partial charge in [0.25, 0.3) is 0 Å². The Morgan fingerprint density at radius 1 is 1.27 bits per heavy atom. The number of rotatable bonds is 6. The van der Waals surface area contributed by atoms with E-state index in [4.69, 9.17) is 9.47 Å². The Balaban J connectivity index is 2.51. The fourth-order valence-corrected chi connectivity index (χ4v) is 3.40. The van der Waals surface area contributed by atoms with Crippen LogP contribution in [0.1, 0.15) is 12.5 Å². The topological polar surface area (TPSA) is 18.5 Å². The highest BCUT2D eigenvalue weighted by molar-refractivity contribution is 7.98. The molecule has 0 fully saturated rings. The third-order valence-electron chi connectivity index (χ3n) is 3.54. The molecular weight excluding hydrogens is 326 g/mol. The molecule has 0 amide bonds. The molecule has 0 N–H and O–H groups in total. The van der Waals surface area contributed by atoms with Crippen LogP contribution in [-0.4, -0.2) is 30.8 Å². The van der Waals surface area contributed by atoms with Crippen molar-refractivity contribution in [2.45, 2.75) is 22.7 Å². The van der Waals surface area contributed by atoms with Crippen LogP contribution in [-0.2, 0) is 9.47 Å². The summed E-state index contributed by atoms with van der Waals surface area (Å²) in [6, 6.07) is 7.79. The van der Waals surface area contributed by atoms with Crippen LogP contribution >= 0.6 is 24.4 Å². The van der Waals surface area contributed by atoms with Gasteiger partial charge in [-0.2, -0.15) is 12.6 Å². The van der Waals surface area contributed by atoms with Gasteiger partial charge in [0.2, 0.25) is 6.86 Å². The maximum absolute atomic E-state index is 12.9. The first-order valence-electron chi connectivity index (χ1n) is 6.71. The van der Waals surface area contributed by atoms with Crippen molar-refractivity contribution in [2.75, 3.05) is 20.0 Å². The Labute approximate surface area is 139 Å². The van der Waals surface area contributed by atoms with Crippen LogP contribution in [0.3, 0.4) is 0 Å². The van der Waals surface area contributed by atoms with E-state index < -0.39 is 24.6 Å². The van der Waals surface area contributed by atoms with Gasteiger partial charge in [-0.05, 0) is 36.5 Å². The van der Waals surface area contributed by atoms with Crippen molar-refractivity contribution in [3.8, 4) is 0 Å². The van der Waals surface area contributed by atoms with Crippen molar-refractivity contribution in [1.82, 2.24) is 0 Å². The van der Waals surface area contributed by atoms with Crippen LogP contribution in [0.4, 0.5) is 8.78 Å². The lowest BCUT2D eigenvalue weighted by molar-refractivity contribution is -0.0137. The second-order valence-electron chi connectivity index (χ2n) is 4.89. The number of ether oxygens (including phenoxy) is 2. The van der Waals surface area contributed by atoms with E-state index in [0.717, 1.165) is 16.0 Å². The normalized spacial score (nSPS) is 24.7. The molecule has 2 atom stereocenters. The minimum atomic E-state index is -1.04. The second-order valence-corrected chi connectivity index (χ2v) is 6.29. The third kappa shape index (κ3) is 3.50. The van der Waals surface area contributed by atoms with E-state index in [1.54, 1.807) is 24.8 Å². The van der Waals surface area contributed by atoms with Crippen molar-refractivity contribution in [1.29, 1.82) is 0 Å². The Morgan fingerprint density at radius 2 is 2.00 bits per heavy atom. The summed E-state index contributed by atoms with van der Waals surface area (Å²) in [5, 5.41) is -0.406. The number of thioether (sulfide) groups is 1. The summed E-state index contributed by atoms with van der Waals surface area (Å²) in [5.41, 5.74) is 0.700. The molecule has 120 valence electrons. The molecule has 0 aliphatic heterocycles. The number of benzene rings is 1. The quantitative estimate of drug-likeness (QED) is 0.599. The average Bonchev–Trinajstić information content (AvgIpc) is 2.51. The predicted octanol–water partition coefficient (Wildman–Crippen LogP) is 4.63. The molecule has 2 rings (SSSR count). The average molecular weight is 344 g/mol. The number of hydrogen-bond donors (Lipinski definition) is 1. The summed E-state index contributed by atoms with van der Waals surface area (Å²) < 4.78 is 35.6. The summed E-state index contributed by atoms with van der Waals surface area (Å²) in [5.74, 6) is 0.326. The van der Waals surface area contributed by atoms with Crippen LogP contribution in [0.25, 0.3) is 5.57 Å². The predicted molar refractivity (Wildman–Crippen MR) is 89.6 cm³/mol. The lowest BCUT2D eigenvalue weighted by Crippen LogP contribution is -2.33. The van der Waals surface area contributed by atoms with E-state index in [-0.39, 0.29) is 0 Å². The maximum atomic E-state index is 12.9. The number of alkyl halides is 2. The first-order valence-corrected chi connectivity index (χ1v) is 8.45. The summed E-state index contributed by atoms with van der Waals surface area (Å²) in [4.78, 5) is 1.05. The standard InChI is InChI=1S/C16H18F2O2S2/c1-16(20-10-18)8-13(19-9-17)14(21)7-12(16)11-5-3-4-6-15(11)22-2/h3-8,14,21H,9-10H2,1-2H3. The molecule has 0 heterocycles. The smallest absolute Gasteiger partial charge is 0.228 e. The van der Waals surface area contributed by atoms with Crippen LogP contribution in [0.2, 0.25) is 0 Å². The molecule has 1 aromatic carbocycles. The first kappa shape index (κ1) is 17.4. The first-order chi connectivity index (χ1) is 10.6. The van der Waals surface area contributed by atoms with Crippen molar-refractivity contribution in [3.05, 3.63) is 47.7 Å². The van der Waals surface area contributed by atoms with Crippen molar-refractivity contribution < 1.29 is 18.3 Å². The molecule has 6 heteroatoms. The van der Waals surface area contributed by atoms with Gasteiger partial charge in [0.05, 0.1) is 5.25 Å². The minimum absolute atomic E-state index is 0.326. The van der Waals surface area contributed by atoms with Gasteiger partial charge in [0.15, 0.2) is 6.86 Å². The van der Waals surface area contributed by atoms with Gasteiger partial charge >= 0.3 is 0 Å². The number of thiol groups is 1. The van der Waals surface area contributed by atoms with Crippen molar-refractivity contribution >= 4 is 30.0 Å². The Bertz CT molecular complexity index is 589. The molecule has 1 aromatic rings. The van der Waals surface area contributed by atoms with Gasteiger partial charge in [-0.15, -0.1) is 11.8 Å². The fourth-order valence-electron chi connectivity index (χ4n) is 2.49.